The average molecular weight is 236 g/mol. The second-order valence-corrected chi connectivity index (χ2v) is 4.06. The van der Waals surface area contributed by atoms with E-state index in [-0.39, 0.29) is 24.0 Å². The predicted molar refractivity (Wildman–Crippen MR) is 64.0 cm³/mol. The number of nitrogens with zero attached hydrogens (tertiary/aromatic N) is 2. The molecule has 0 radical (unpaired) electrons. The topological polar surface area (TPSA) is 53.2 Å². The smallest absolute Gasteiger partial charge is 0.333 e. The molecular weight excluding hydrogens is 220 g/mol. The Morgan fingerprint density at radius 3 is 2.94 bits per heavy atom. The summed E-state index contributed by atoms with van der Waals surface area (Å²) in [5.74, 6) is 0. The van der Waals surface area contributed by atoms with Crippen LogP contribution in [0.1, 0.15) is 25.5 Å². The molecule has 1 aromatic rings. The summed E-state index contributed by atoms with van der Waals surface area (Å²) in [7, 11) is 0. The molecule has 1 unspecified atom stereocenters. The second kappa shape index (κ2) is 5.14. The molecule has 0 aromatic carbocycles. The zero-order valence-electron chi connectivity index (χ0n) is 9.67. The third-order valence-corrected chi connectivity index (χ3v) is 2.87. The molecule has 5 nitrogen and oxygen atoms in total. The van der Waals surface area contributed by atoms with Crippen molar-refractivity contribution in [3.05, 3.63) is 45.8 Å². The number of aromatic nitrogens is 2. The van der Waals surface area contributed by atoms with E-state index < -0.39 is 0 Å². The summed E-state index contributed by atoms with van der Waals surface area (Å²) in [6, 6.07) is 1.39. The largest absolute Gasteiger partial charge is 0.358 e. The summed E-state index contributed by atoms with van der Waals surface area (Å²) in [5.41, 5.74) is -0.633. The summed E-state index contributed by atoms with van der Waals surface area (Å²) in [6.45, 7) is 4.43. The van der Waals surface area contributed by atoms with Crippen LogP contribution in [0.2, 0.25) is 0 Å². The van der Waals surface area contributed by atoms with Crippen LogP contribution in [0.25, 0.3) is 0 Å². The highest BCUT2D eigenvalue weighted by atomic mass is 16.5. The van der Waals surface area contributed by atoms with Gasteiger partial charge in [-0.2, -0.15) is 0 Å². The van der Waals surface area contributed by atoms with E-state index in [1.165, 1.54) is 22.9 Å². The average Bonchev–Trinajstić information content (AvgIpc) is 2.36. The number of ether oxygens (including phenoxy) is 1. The van der Waals surface area contributed by atoms with E-state index in [0.29, 0.717) is 6.61 Å². The minimum atomic E-state index is -0.329. The molecule has 1 aliphatic rings. The third-order valence-electron chi connectivity index (χ3n) is 2.87. The molecule has 0 N–H and O–H groups in total. The van der Waals surface area contributed by atoms with Crippen molar-refractivity contribution >= 4 is 0 Å². The Bertz CT molecular complexity index is 509. The van der Waals surface area contributed by atoms with E-state index in [2.05, 4.69) is 6.58 Å². The fraction of sp³-hybridized carbons (Fsp3) is 0.500. The fourth-order valence-electron chi connectivity index (χ4n) is 1.99. The molecule has 92 valence electrons. The van der Waals surface area contributed by atoms with Gasteiger partial charge in [0, 0.05) is 25.4 Å². The quantitative estimate of drug-likeness (QED) is 0.732. The van der Waals surface area contributed by atoms with Crippen LogP contribution < -0.4 is 11.2 Å². The fourth-order valence-corrected chi connectivity index (χ4v) is 1.99. The van der Waals surface area contributed by atoms with Gasteiger partial charge in [0.25, 0.3) is 5.56 Å². The molecule has 0 saturated carbocycles. The van der Waals surface area contributed by atoms with Gasteiger partial charge in [0.15, 0.2) is 0 Å². The van der Waals surface area contributed by atoms with E-state index >= 15 is 0 Å². The van der Waals surface area contributed by atoms with E-state index in [1.54, 1.807) is 0 Å². The lowest BCUT2D eigenvalue weighted by Crippen LogP contribution is -2.41. The van der Waals surface area contributed by atoms with Crippen LogP contribution in [0.15, 0.2) is 34.5 Å². The Balaban J connectivity index is 2.41. The Hall–Kier alpha value is -1.62. The monoisotopic (exact) mass is 236 g/mol. The Labute approximate surface area is 99.0 Å². The van der Waals surface area contributed by atoms with Crippen molar-refractivity contribution in [2.24, 2.45) is 0 Å². The van der Waals surface area contributed by atoms with Crippen LogP contribution in [-0.2, 0) is 11.3 Å². The zero-order chi connectivity index (χ0) is 12.3. The molecule has 0 bridgehead atoms. The molecule has 2 rings (SSSR count). The van der Waals surface area contributed by atoms with Gasteiger partial charge >= 0.3 is 5.69 Å². The number of rotatable bonds is 3. The van der Waals surface area contributed by atoms with Crippen molar-refractivity contribution in [2.75, 3.05) is 6.61 Å². The van der Waals surface area contributed by atoms with Crippen LogP contribution in [0.3, 0.4) is 0 Å². The molecule has 1 aromatic heterocycles. The van der Waals surface area contributed by atoms with Gasteiger partial charge in [0.2, 0.25) is 0 Å². The minimum Gasteiger partial charge on any atom is -0.358 e. The van der Waals surface area contributed by atoms with E-state index in [4.69, 9.17) is 4.74 Å². The highest BCUT2D eigenvalue weighted by Gasteiger charge is 2.17. The molecule has 2 heterocycles. The molecule has 0 spiro atoms. The van der Waals surface area contributed by atoms with E-state index in [9.17, 15) is 9.59 Å². The number of allylic oxidation sites excluding steroid dienone is 1. The maximum atomic E-state index is 12.1. The Morgan fingerprint density at radius 2 is 2.29 bits per heavy atom. The van der Waals surface area contributed by atoms with Gasteiger partial charge in [-0.15, -0.1) is 6.58 Å². The van der Waals surface area contributed by atoms with Crippen LogP contribution in [-0.4, -0.2) is 15.7 Å². The van der Waals surface area contributed by atoms with Crippen LogP contribution >= 0.6 is 0 Å². The normalized spacial score (nSPS) is 20.1. The van der Waals surface area contributed by atoms with Crippen LogP contribution in [0.5, 0.6) is 0 Å². The molecule has 1 fully saturated rings. The van der Waals surface area contributed by atoms with Gasteiger partial charge in [-0.25, -0.2) is 4.79 Å². The van der Waals surface area contributed by atoms with Gasteiger partial charge in [-0.3, -0.25) is 13.9 Å². The summed E-state index contributed by atoms with van der Waals surface area (Å²) in [4.78, 5) is 23.6. The lowest BCUT2D eigenvalue weighted by Gasteiger charge is -2.24. The van der Waals surface area contributed by atoms with Crippen LogP contribution in [0.4, 0.5) is 0 Å². The van der Waals surface area contributed by atoms with Crippen molar-refractivity contribution in [1.29, 1.82) is 0 Å². The first-order valence-electron chi connectivity index (χ1n) is 5.78. The van der Waals surface area contributed by atoms with Crippen LogP contribution in [0, 0.1) is 0 Å². The highest BCUT2D eigenvalue weighted by Crippen LogP contribution is 2.20. The second-order valence-electron chi connectivity index (χ2n) is 4.06. The molecule has 1 atom stereocenters. The van der Waals surface area contributed by atoms with Crippen molar-refractivity contribution in [3.63, 3.8) is 0 Å². The SMILES string of the molecule is C=CCn1c(=O)ccn(C2CCCCO2)c1=O. The lowest BCUT2D eigenvalue weighted by atomic mass is 10.2. The van der Waals surface area contributed by atoms with E-state index in [0.717, 1.165) is 23.8 Å². The third kappa shape index (κ3) is 2.39. The first kappa shape index (κ1) is 11.9. The maximum Gasteiger partial charge on any atom is 0.333 e. The summed E-state index contributed by atoms with van der Waals surface area (Å²) >= 11 is 0. The van der Waals surface area contributed by atoms with Gasteiger partial charge in [0.1, 0.15) is 6.23 Å². The maximum absolute atomic E-state index is 12.1. The number of hydrogen-bond donors (Lipinski definition) is 0. The van der Waals surface area contributed by atoms with Gasteiger partial charge in [-0.1, -0.05) is 6.08 Å². The molecular formula is C12H16N2O3. The Kier molecular flexibility index (Phi) is 3.58. The molecule has 5 heteroatoms. The first-order valence-corrected chi connectivity index (χ1v) is 5.78. The molecule has 17 heavy (non-hydrogen) atoms. The molecule has 1 aliphatic heterocycles. The zero-order valence-corrected chi connectivity index (χ0v) is 9.67. The standard InChI is InChI=1S/C12H16N2O3/c1-2-7-13-10(15)6-8-14(12(13)16)11-5-3-4-9-17-11/h2,6,8,11H,1,3-5,7,9H2. The minimum absolute atomic E-state index is 0.227. The predicted octanol–water partition coefficient (Wildman–Crippen LogP) is 0.895. The number of hydrogen-bond acceptors (Lipinski definition) is 3. The lowest BCUT2D eigenvalue weighted by molar-refractivity contribution is -0.0356. The summed E-state index contributed by atoms with van der Waals surface area (Å²) < 4.78 is 8.19. The Morgan fingerprint density at radius 1 is 1.47 bits per heavy atom. The summed E-state index contributed by atoms with van der Waals surface area (Å²) in [6.07, 6.45) is 5.68. The van der Waals surface area contributed by atoms with Crippen molar-refractivity contribution < 1.29 is 4.74 Å². The van der Waals surface area contributed by atoms with Crippen molar-refractivity contribution in [2.45, 2.75) is 32.0 Å². The molecule has 1 saturated heterocycles. The molecule has 0 aliphatic carbocycles. The van der Waals surface area contributed by atoms with Gasteiger partial charge in [-0.05, 0) is 19.3 Å². The van der Waals surface area contributed by atoms with Crippen molar-refractivity contribution in [3.8, 4) is 0 Å². The highest BCUT2D eigenvalue weighted by molar-refractivity contribution is 4.89. The van der Waals surface area contributed by atoms with Crippen molar-refractivity contribution in [1.82, 2.24) is 9.13 Å². The van der Waals surface area contributed by atoms with Gasteiger partial charge < -0.3 is 4.74 Å². The summed E-state index contributed by atoms with van der Waals surface area (Å²) in [5, 5.41) is 0. The molecule has 0 amide bonds. The first-order chi connectivity index (χ1) is 8.24. The van der Waals surface area contributed by atoms with Gasteiger partial charge in [0.05, 0.1) is 0 Å². The van der Waals surface area contributed by atoms with E-state index in [1.807, 2.05) is 0 Å².